The molecule has 1 aromatic carbocycles. The molecule has 4 heteroatoms. The van der Waals surface area contributed by atoms with E-state index in [4.69, 9.17) is 21.1 Å². The Morgan fingerprint density at radius 1 is 1.29 bits per heavy atom. The molecule has 1 heterocycles. The predicted octanol–water partition coefficient (Wildman–Crippen LogP) is 3.75. The Balaban J connectivity index is 1.55. The van der Waals surface area contributed by atoms with Crippen molar-refractivity contribution in [1.82, 2.24) is 4.90 Å². The molecule has 0 unspecified atom stereocenters. The first-order chi connectivity index (χ1) is 10.2. The quantitative estimate of drug-likeness (QED) is 0.827. The molecule has 0 radical (unpaired) electrons. The van der Waals surface area contributed by atoms with Crippen LogP contribution in [-0.2, 0) is 4.74 Å². The molecule has 0 N–H and O–H groups in total. The molecule has 0 amide bonds. The van der Waals surface area contributed by atoms with Crippen molar-refractivity contribution in [3.05, 3.63) is 29.3 Å². The van der Waals surface area contributed by atoms with Crippen LogP contribution in [-0.4, -0.2) is 43.3 Å². The van der Waals surface area contributed by atoms with Gasteiger partial charge in [-0.15, -0.1) is 0 Å². The lowest BCUT2D eigenvalue weighted by molar-refractivity contribution is -0.0922. The highest BCUT2D eigenvalue weighted by Gasteiger charge is 2.38. The van der Waals surface area contributed by atoms with Crippen LogP contribution < -0.4 is 4.74 Å². The fraction of sp³-hybridized carbons (Fsp3) is 0.647. The second-order valence-electron chi connectivity index (χ2n) is 6.25. The first-order valence-electron chi connectivity index (χ1n) is 7.88. The van der Waals surface area contributed by atoms with Crippen LogP contribution in [0.25, 0.3) is 0 Å². The first kappa shape index (κ1) is 15.1. The van der Waals surface area contributed by atoms with E-state index in [9.17, 15) is 0 Å². The van der Waals surface area contributed by atoms with Gasteiger partial charge in [-0.05, 0) is 43.9 Å². The summed E-state index contributed by atoms with van der Waals surface area (Å²) >= 11 is 5.99. The Hall–Kier alpha value is -0.770. The summed E-state index contributed by atoms with van der Waals surface area (Å²) < 4.78 is 11.8. The average molecular weight is 310 g/mol. The van der Waals surface area contributed by atoms with Crippen molar-refractivity contribution in [2.75, 3.05) is 26.8 Å². The van der Waals surface area contributed by atoms with Gasteiger partial charge in [-0.25, -0.2) is 0 Å². The van der Waals surface area contributed by atoms with Crippen LogP contribution in [0, 0.1) is 0 Å². The predicted molar refractivity (Wildman–Crippen MR) is 85.1 cm³/mol. The van der Waals surface area contributed by atoms with Gasteiger partial charge in [-0.2, -0.15) is 0 Å². The highest BCUT2D eigenvalue weighted by atomic mass is 35.5. The maximum Gasteiger partial charge on any atom is 0.120 e. The third kappa shape index (κ3) is 3.53. The number of methoxy groups -OCH3 is 1. The van der Waals surface area contributed by atoms with Crippen molar-refractivity contribution in [3.63, 3.8) is 0 Å². The van der Waals surface area contributed by atoms with E-state index in [1.54, 1.807) is 7.11 Å². The summed E-state index contributed by atoms with van der Waals surface area (Å²) in [4.78, 5) is 2.63. The van der Waals surface area contributed by atoms with Gasteiger partial charge in [0.15, 0.2) is 0 Å². The molecule has 0 spiro atoms. The third-order valence-electron chi connectivity index (χ3n) is 5.03. The SMILES string of the molecule is COC1(COc2cccc(Cl)c2)CCN(C2CCC2)CC1. The van der Waals surface area contributed by atoms with Crippen molar-refractivity contribution in [2.45, 2.75) is 43.7 Å². The second-order valence-corrected chi connectivity index (χ2v) is 6.69. The molecule has 1 aromatic rings. The van der Waals surface area contributed by atoms with Gasteiger partial charge in [0.05, 0.1) is 0 Å². The highest BCUT2D eigenvalue weighted by Crippen LogP contribution is 2.33. The summed E-state index contributed by atoms with van der Waals surface area (Å²) in [6.45, 7) is 2.84. The van der Waals surface area contributed by atoms with Crippen molar-refractivity contribution in [3.8, 4) is 5.75 Å². The Kier molecular flexibility index (Phi) is 4.72. The lowest BCUT2D eigenvalue weighted by Crippen LogP contribution is -2.53. The molecular formula is C17H24ClNO2. The zero-order chi connectivity index (χ0) is 14.7. The highest BCUT2D eigenvalue weighted by molar-refractivity contribution is 6.30. The number of ether oxygens (including phenoxy) is 2. The standard InChI is InChI=1S/C17H24ClNO2/c1-20-17(13-21-16-7-2-4-14(18)12-16)8-10-19(11-9-17)15-5-3-6-15/h2,4,7,12,15H,3,5-6,8-11,13H2,1H3. The van der Waals surface area contributed by atoms with Gasteiger partial charge in [0, 0.05) is 31.3 Å². The molecule has 2 aliphatic rings. The monoisotopic (exact) mass is 309 g/mol. The number of piperidine rings is 1. The molecule has 3 nitrogen and oxygen atoms in total. The van der Waals surface area contributed by atoms with Gasteiger partial charge >= 0.3 is 0 Å². The van der Waals surface area contributed by atoms with Crippen LogP contribution in [0.2, 0.25) is 5.02 Å². The van der Waals surface area contributed by atoms with Crippen LogP contribution in [0.5, 0.6) is 5.75 Å². The topological polar surface area (TPSA) is 21.7 Å². The first-order valence-corrected chi connectivity index (χ1v) is 8.26. The zero-order valence-electron chi connectivity index (χ0n) is 12.7. The molecule has 1 aliphatic carbocycles. The maximum atomic E-state index is 5.99. The zero-order valence-corrected chi connectivity index (χ0v) is 13.4. The molecule has 0 bridgehead atoms. The van der Waals surface area contributed by atoms with Gasteiger partial charge < -0.3 is 14.4 Å². The molecule has 3 rings (SSSR count). The average Bonchev–Trinajstić information content (AvgIpc) is 2.45. The van der Waals surface area contributed by atoms with Crippen LogP contribution >= 0.6 is 11.6 Å². The van der Waals surface area contributed by atoms with Crippen LogP contribution in [0.1, 0.15) is 32.1 Å². The summed E-state index contributed by atoms with van der Waals surface area (Å²) in [5.41, 5.74) is -0.150. The summed E-state index contributed by atoms with van der Waals surface area (Å²) in [6, 6.07) is 8.40. The van der Waals surface area contributed by atoms with E-state index in [2.05, 4.69) is 4.90 Å². The third-order valence-corrected chi connectivity index (χ3v) is 5.27. The summed E-state index contributed by atoms with van der Waals surface area (Å²) in [5.74, 6) is 0.820. The van der Waals surface area contributed by atoms with Gasteiger partial charge in [-0.3, -0.25) is 0 Å². The lowest BCUT2D eigenvalue weighted by atomic mass is 9.86. The molecule has 21 heavy (non-hydrogen) atoms. The minimum atomic E-state index is -0.150. The van der Waals surface area contributed by atoms with E-state index in [0.717, 1.165) is 37.7 Å². The number of hydrogen-bond donors (Lipinski definition) is 0. The molecule has 1 saturated heterocycles. The number of rotatable bonds is 5. The van der Waals surface area contributed by atoms with Crippen LogP contribution in [0.15, 0.2) is 24.3 Å². The molecule has 1 saturated carbocycles. The number of likely N-dealkylation sites (tertiary alicyclic amines) is 1. The van der Waals surface area contributed by atoms with Crippen molar-refractivity contribution < 1.29 is 9.47 Å². The maximum absolute atomic E-state index is 5.99. The van der Waals surface area contributed by atoms with Crippen molar-refractivity contribution in [2.24, 2.45) is 0 Å². The van der Waals surface area contributed by atoms with E-state index < -0.39 is 0 Å². The Morgan fingerprint density at radius 2 is 2.05 bits per heavy atom. The normalized spacial score (nSPS) is 22.8. The van der Waals surface area contributed by atoms with E-state index in [1.807, 2.05) is 24.3 Å². The fourth-order valence-electron chi connectivity index (χ4n) is 3.23. The Labute approximate surface area is 132 Å². The number of nitrogens with zero attached hydrogens (tertiary/aromatic N) is 1. The summed E-state index contributed by atoms with van der Waals surface area (Å²) in [7, 11) is 1.81. The Bertz CT molecular complexity index is 468. The van der Waals surface area contributed by atoms with E-state index in [1.165, 1.54) is 19.3 Å². The van der Waals surface area contributed by atoms with E-state index in [0.29, 0.717) is 11.6 Å². The van der Waals surface area contributed by atoms with Gasteiger partial charge in [0.1, 0.15) is 18.0 Å². The molecular weight excluding hydrogens is 286 g/mol. The smallest absolute Gasteiger partial charge is 0.120 e. The van der Waals surface area contributed by atoms with E-state index >= 15 is 0 Å². The fourth-order valence-corrected chi connectivity index (χ4v) is 3.41. The molecule has 2 fully saturated rings. The second kappa shape index (κ2) is 6.55. The molecule has 0 aromatic heterocycles. The summed E-state index contributed by atoms with van der Waals surface area (Å²) in [6.07, 6.45) is 6.23. The number of halogens is 1. The lowest BCUT2D eigenvalue weighted by Gasteiger charge is -2.45. The van der Waals surface area contributed by atoms with Gasteiger partial charge in [0.25, 0.3) is 0 Å². The molecule has 1 aliphatic heterocycles. The summed E-state index contributed by atoms with van der Waals surface area (Å²) in [5, 5.41) is 0.707. The van der Waals surface area contributed by atoms with Crippen molar-refractivity contribution >= 4 is 11.6 Å². The van der Waals surface area contributed by atoms with Gasteiger partial charge in [-0.1, -0.05) is 24.1 Å². The van der Waals surface area contributed by atoms with Crippen molar-refractivity contribution in [1.29, 1.82) is 0 Å². The van der Waals surface area contributed by atoms with Gasteiger partial charge in [0.2, 0.25) is 0 Å². The molecule has 0 atom stereocenters. The van der Waals surface area contributed by atoms with E-state index in [-0.39, 0.29) is 5.60 Å². The number of hydrogen-bond acceptors (Lipinski definition) is 3. The van der Waals surface area contributed by atoms with Crippen LogP contribution in [0.4, 0.5) is 0 Å². The van der Waals surface area contributed by atoms with Crippen LogP contribution in [0.3, 0.4) is 0 Å². The number of benzene rings is 1. The minimum absolute atomic E-state index is 0.150. The largest absolute Gasteiger partial charge is 0.491 e. The minimum Gasteiger partial charge on any atom is -0.491 e. The Morgan fingerprint density at radius 3 is 2.62 bits per heavy atom. The molecule has 116 valence electrons.